The van der Waals surface area contributed by atoms with Gasteiger partial charge in [-0.25, -0.2) is 0 Å². The first kappa shape index (κ1) is 13.0. The fourth-order valence-corrected chi connectivity index (χ4v) is 2.63. The fraction of sp³-hybridized carbons (Fsp3) is 1.00. The summed E-state index contributed by atoms with van der Waals surface area (Å²) in [4.78, 5) is 2.67. The first-order chi connectivity index (χ1) is 6.99. The fourth-order valence-electron chi connectivity index (χ4n) is 2.63. The lowest BCUT2D eigenvalue weighted by molar-refractivity contribution is 0.166. The van der Waals surface area contributed by atoms with Crippen LogP contribution in [0.5, 0.6) is 0 Å². The maximum absolute atomic E-state index is 3.47. The highest BCUT2D eigenvalue weighted by Gasteiger charge is 2.29. The van der Waals surface area contributed by atoms with Gasteiger partial charge >= 0.3 is 0 Å². The second-order valence-corrected chi connectivity index (χ2v) is 5.91. The van der Waals surface area contributed by atoms with Gasteiger partial charge in [0, 0.05) is 18.6 Å². The van der Waals surface area contributed by atoms with E-state index in [1.165, 1.54) is 32.4 Å². The van der Waals surface area contributed by atoms with Crippen LogP contribution in [-0.4, -0.2) is 37.1 Å². The highest BCUT2D eigenvalue weighted by Crippen LogP contribution is 2.25. The molecule has 0 radical (unpaired) electrons. The Balaban J connectivity index is 2.51. The summed E-state index contributed by atoms with van der Waals surface area (Å²) in [6.45, 7) is 11.8. The molecule has 0 aromatic carbocycles. The average Bonchev–Trinajstić information content (AvgIpc) is 2.59. The van der Waals surface area contributed by atoms with Crippen LogP contribution in [0, 0.1) is 5.41 Å². The highest BCUT2D eigenvalue weighted by atomic mass is 15.2. The van der Waals surface area contributed by atoms with Gasteiger partial charge in [0.2, 0.25) is 0 Å². The summed E-state index contributed by atoms with van der Waals surface area (Å²) in [5.41, 5.74) is 0.357. The van der Waals surface area contributed by atoms with Crippen LogP contribution in [0.15, 0.2) is 0 Å². The summed E-state index contributed by atoms with van der Waals surface area (Å²) in [5.74, 6) is 0. The monoisotopic (exact) mass is 212 g/mol. The van der Waals surface area contributed by atoms with Crippen molar-refractivity contribution in [2.24, 2.45) is 5.41 Å². The van der Waals surface area contributed by atoms with E-state index in [2.05, 4.69) is 45.0 Å². The molecule has 1 aliphatic heterocycles. The SMILES string of the molecule is CCC1CCCN1CC(NC)C(C)(C)C. The summed E-state index contributed by atoms with van der Waals surface area (Å²) in [5, 5.41) is 3.47. The Labute approximate surface area is 95.4 Å². The Morgan fingerprint density at radius 2 is 2.07 bits per heavy atom. The normalized spacial score (nSPS) is 25.8. The van der Waals surface area contributed by atoms with E-state index in [4.69, 9.17) is 0 Å². The molecule has 0 aromatic rings. The Morgan fingerprint density at radius 3 is 2.53 bits per heavy atom. The molecule has 2 atom stereocenters. The second-order valence-electron chi connectivity index (χ2n) is 5.91. The Kier molecular flexibility index (Phi) is 4.60. The van der Waals surface area contributed by atoms with Crippen LogP contribution in [0.2, 0.25) is 0 Å². The van der Waals surface area contributed by atoms with E-state index in [0.717, 1.165) is 6.04 Å². The first-order valence-corrected chi connectivity index (χ1v) is 6.40. The smallest absolute Gasteiger partial charge is 0.0240 e. The molecule has 1 saturated heterocycles. The van der Waals surface area contributed by atoms with Crippen molar-refractivity contribution < 1.29 is 0 Å². The Morgan fingerprint density at radius 1 is 1.40 bits per heavy atom. The van der Waals surface area contributed by atoms with Crippen LogP contribution >= 0.6 is 0 Å². The van der Waals surface area contributed by atoms with Gasteiger partial charge in [-0.15, -0.1) is 0 Å². The molecule has 1 fully saturated rings. The minimum atomic E-state index is 0.357. The van der Waals surface area contributed by atoms with Crippen molar-refractivity contribution in [3.63, 3.8) is 0 Å². The molecule has 1 heterocycles. The van der Waals surface area contributed by atoms with Gasteiger partial charge in [-0.05, 0) is 38.3 Å². The lowest BCUT2D eigenvalue weighted by Crippen LogP contribution is -2.48. The summed E-state index contributed by atoms with van der Waals surface area (Å²) in [6.07, 6.45) is 4.09. The summed E-state index contributed by atoms with van der Waals surface area (Å²) < 4.78 is 0. The lowest BCUT2D eigenvalue weighted by atomic mass is 9.86. The molecule has 2 nitrogen and oxygen atoms in total. The third-order valence-electron chi connectivity index (χ3n) is 3.78. The van der Waals surface area contributed by atoms with Gasteiger partial charge in [0.1, 0.15) is 0 Å². The van der Waals surface area contributed by atoms with Gasteiger partial charge in [0.25, 0.3) is 0 Å². The average molecular weight is 212 g/mol. The minimum absolute atomic E-state index is 0.357. The number of rotatable bonds is 4. The minimum Gasteiger partial charge on any atom is -0.315 e. The van der Waals surface area contributed by atoms with Crippen LogP contribution in [0.25, 0.3) is 0 Å². The maximum Gasteiger partial charge on any atom is 0.0240 e. The number of nitrogens with one attached hydrogen (secondary N) is 1. The van der Waals surface area contributed by atoms with E-state index in [1.54, 1.807) is 0 Å². The first-order valence-electron chi connectivity index (χ1n) is 6.40. The summed E-state index contributed by atoms with van der Waals surface area (Å²) >= 11 is 0. The molecule has 0 aromatic heterocycles. The topological polar surface area (TPSA) is 15.3 Å². The number of nitrogens with zero attached hydrogens (tertiary/aromatic N) is 1. The molecule has 90 valence electrons. The van der Waals surface area contributed by atoms with E-state index < -0.39 is 0 Å². The summed E-state index contributed by atoms with van der Waals surface area (Å²) in [7, 11) is 2.09. The van der Waals surface area contributed by atoms with Crippen molar-refractivity contribution in [3.05, 3.63) is 0 Å². The van der Waals surface area contributed by atoms with Gasteiger partial charge in [-0.2, -0.15) is 0 Å². The van der Waals surface area contributed by atoms with E-state index in [1.807, 2.05) is 0 Å². The van der Waals surface area contributed by atoms with Gasteiger partial charge in [-0.1, -0.05) is 27.7 Å². The largest absolute Gasteiger partial charge is 0.315 e. The molecular weight excluding hydrogens is 184 g/mol. The Hall–Kier alpha value is -0.0800. The summed E-state index contributed by atoms with van der Waals surface area (Å²) in [6, 6.07) is 1.44. The van der Waals surface area contributed by atoms with Crippen molar-refractivity contribution in [2.75, 3.05) is 20.1 Å². The van der Waals surface area contributed by atoms with E-state index in [9.17, 15) is 0 Å². The maximum atomic E-state index is 3.47. The lowest BCUT2D eigenvalue weighted by Gasteiger charge is -2.35. The number of likely N-dealkylation sites (tertiary alicyclic amines) is 1. The molecule has 0 aliphatic carbocycles. The van der Waals surface area contributed by atoms with Crippen molar-refractivity contribution in [1.82, 2.24) is 10.2 Å². The molecule has 0 amide bonds. The van der Waals surface area contributed by atoms with E-state index in [0.29, 0.717) is 11.5 Å². The van der Waals surface area contributed by atoms with Crippen LogP contribution in [0.1, 0.15) is 47.0 Å². The van der Waals surface area contributed by atoms with E-state index >= 15 is 0 Å². The van der Waals surface area contributed by atoms with Crippen LogP contribution < -0.4 is 5.32 Å². The van der Waals surface area contributed by atoms with Gasteiger partial charge in [0.15, 0.2) is 0 Å². The highest BCUT2D eigenvalue weighted by molar-refractivity contribution is 4.87. The molecule has 0 bridgehead atoms. The van der Waals surface area contributed by atoms with Gasteiger partial charge in [0.05, 0.1) is 0 Å². The molecule has 0 spiro atoms. The van der Waals surface area contributed by atoms with Crippen LogP contribution in [-0.2, 0) is 0 Å². The molecule has 2 heteroatoms. The number of likely N-dealkylation sites (N-methyl/N-ethyl adjacent to an activating group) is 1. The van der Waals surface area contributed by atoms with Gasteiger partial charge in [-0.3, -0.25) is 4.90 Å². The quantitative estimate of drug-likeness (QED) is 0.770. The van der Waals surface area contributed by atoms with Crippen molar-refractivity contribution >= 4 is 0 Å². The molecule has 1 N–H and O–H groups in total. The van der Waals surface area contributed by atoms with Crippen LogP contribution in [0.3, 0.4) is 0 Å². The standard InChI is InChI=1S/C13H28N2/c1-6-11-8-7-9-15(11)10-12(14-5)13(2,3)4/h11-12,14H,6-10H2,1-5H3. The van der Waals surface area contributed by atoms with E-state index in [-0.39, 0.29) is 0 Å². The van der Waals surface area contributed by atoms with Gasteiger partial charge < -0.3 is 5.32 Å². The molecule has 1 aliphatic rings. The van der Waals surface area contributed by atoms with Crippen molar-refractivity contribution in [2.45, 2.75) is 59.0 Å². The predicted octanol–water partition coefficient (Wildman–Crippen LogP) is 2.49. The molecule has 2 unspecified atom stereocenters. The van der Waals surface area contributed by atoms with Crippen molar-refractivity contribution in [3.8, 4) is 0 Å². The molecular formula is C13H28N2. The van der Waals surface area contributed by atoms with Crippen molar-refractivity contribution in [1.29, 1.82) is 0 Å². The Bertz CT molecular complexity index is 183. The number of hydrogen-bond acceptors (Lipinski definition) is 2. The number of hydrogen-bond donors (Lipinski definition) is 1. The van der Waals surface area contributed by atoms with Crippen LogP contribution in [0.4, 0.5) is 0 Å². The third-order valence-corrected chi connectivity index (χ3v) is 3.78. The zero-order chi connectivity index (χ0) is 11.5. The molecule has 0 saturated carbocycles. The second kappa shape index (κ2) is 5.31. The predicted molar refractivity (Wildman–Crippen MR) is 67.2 cm³/mol. The third kappa shape index (κ3) is 3.46. The molecule has 1 rings (SSSR count). The molecule has 15 heavy (non-hydrogen) atoms. The zero-order valence-electron chi connectivity index (χ0n) is 11.1. The zero-order valence-corrected chi connectivity index (χ0v) is 11.1.